The highest BCUT2D eigenvalue weighted by Gasteiger charge is 2.15. The highest BCUT2D eigenvalue weighted by molar-refractivity contribution is 14.1. The summed E-state index contributed by atoms with van der Waals surface area (Å²) in [4.78, 5) is 21.7. The fourth-order valence-corrected chi connectivity index (χ4v) is 1.50. The van der Waals surface area contributed by atoms with Crippen LogP contribution in [0.5, 0.6) is 0 Å². The lowest BCUT2D eigenvalue weighted by Crippen LogP contribution is -2.23. The van der Waals surface area contributed by atoms with Crippen molar-refractivity contribution in [2.75, 3.05) is 0 Å². The Morgan fingerprint density at radius 3 is 2.54 bits per heavy atom. The maximum atomic E-state index is 11.2. The van der Waals surface area contributed by atoms with E-state index in [2.05, 4.69) is 0 Å². The number of amides is 1. The summed E-state index contributed by atoms with van der Waals surface area (Å²) in [6, 6.07) is 4.82. The zero-order valence-electron chi connectivity index (χ0n) is 6.38. The number of hydrogen-bond acceptors (Lipinski definition) is 2. The van der Waals surface area contributed by atoms with E-state index < -0.39 is 11.7 Å². The smallest absolute Gasteiger partial charge is 0.289 e. The Hall–Kier alpha value is -0.620. The molecule has 0 fully saturated rings. The summed E-state index contributed by atoms with van der Waals surface area (Å²) in [5.74, 6) is -1.76. The Morgan fingerprint density at radius 1 is 1.38 bits per heavy atom. The van der Waals surface area contributed by atoms with Crippen molar-refractivity contribution >= 4 is 45.9 Å². The molecule has 0 aliphatic rings. The first-order valence-corrected chi connectivity index (χ1v) is 4.77. The molecule has 0 radical (unpaired) electrons. The van der Waals surface area contributed by atoms with Crippen molar-refractivity contribution in [1.29, 1.82) is 0 Å². The fourth-order valence-electron chi connectivity index (χ4n) is 0.804. The number of rotatable bonds is 2. The molecule has 0 aromatic heterocycles. The number of primary amides is 1. The van der Waals surface area contributed by atoms with Crippen LogP contribution in [0.25, 0.3) is 0 Å². The molecule has 0 saturated carbocycles. The van der Waals surface area contributed by atoms with Crippen LogP contribution in [0.2, 0.25) is 5.02 Å². The van der Waals surface area contributed by atoms with Gasteiger partial charge in [-0.25, -0.2) is 0 Å². The lowest BCUT2D eigenvalue weighted by molar-refractivity contribution is -0.114. The van der Waals surface area contributed by atoms with Crippen molar-refractivity contribution in [2.45, 2.75) is 0 Å². The van der Waals surface area contributed by atoms with Crippen molar-refractivity contribution < 1.29 is 9.59 Å². The zero-order valence-corrected chi connectivity index (χ0v) is 9.30. The second-order valence-corrected chi connectivity index (χ2v) is 3.97. The van der Waals surface area contributed by atoms with Crippen LogP contribution in [-0.2, 0) is 4.79 Å². The first kappa shape index (κ1) is 10.5. The summed E-state index contributed by atoms with van der Waals surface area (Å²) in [6.45, 7) is 0. The molecule has 0 spiro atoms. The van der Waals surface area contributed by atoms with E-state index in [1.54, 1.807) is 12.1 Å². The topological polar surface area (TPSA) is 60.2 Å². The molecule has 1 aromatic rings. The number of Topliss-reactive ketones (excluding diaryl/α,β-unsaturated/α-hetero) is 1. The molecule has 0 heterocycles. The second kappa shape index (κ2) is 4.06. The minimum Gasteiger partial charge on any atom is -0.363 e. The number of halogens is 2. The minimum atomic E-state index is -0.996. The molecule has 0 aliphatic heterocycles. The highest BCUT2D eigenvalue weighted by atomic mass is 127. The summed E-state index contributed by atoms with van der Waals surface area (Å²) in [5.41, 5.74) is 4.99. The van der Waals surface area contributed by atoms with Crippen LogP contribution >= 0.6 is 34.2 Å². The summed E-state index contributed by atoms with van der Waals surface area (Å²) < 4.78 is 0.826. The second-order valence-electron chi connectivity index (χ2n) is 2.32. The molecule has 0 bridgehead atoms. The molecule has 1 amide bonds. The summed E-state index contributed by atoms with van der Waals surface area (Å²) in [6.07, 6.45) is 0. The summed E-state index contributed by atoms with van der Waals surface area (Å²) in [5, 5.41) is 0.240. The van der Waals surface area contributed by atoms with E-state index in [1.165, 1.54) is 6.07 Å². The molecule has 1 aromatic carbocycles. The van der Waals surface area contributed by atoms with Crippen LogP contribution < -0.4 is 5.73 Å². The van der Waals surface area contributed by atoms with Gasteiger partial charge in [-0.2, -0.15) is 0 Å². The third-order valence-electron chi connectivity index (χ3n) is 1.40. The highest BCUT2D eigenvalue weighted by Crippen LogP contribution is 2.19. The van der Waals surface area contributed by atoms with Gasteiger partial charge in [-0.1, -0.05) is 11.6 Å². The Kier molecular flexibility index (Phi) is 3.27. The molecule has 2 N–H and O–H groups in total. The summed E-state index contributed by atoms with van der Waals surface area (Å²) in [7, 11) is 0. The standard InChI is InChI=1S/C8H5ClINO2/c9-6-2-1-4(10)3-5(6)7(12)8(11)13/h1-3H,(H2,11,13). The number of carbonyl (C=O) groups excluding carboxylic acids is 2. The van der Waals surface area contributed by atoms with Gasteiger partial charge >= 0.3 is 0 Å². The van der Waals surface area contributed by atoms with E-state index in [-0.39, 0.29) is 10.6 Å². The predicted octanol–water partition coefficient (Wildman–Crippen LogP) is 1.61. The Balaban J connectivity index is 3.21. The maximum Gasteiger partial charge on any atom is 0.289 e. The third-order valence-corrected chi connectivity index (χ3v) is 2.40. The van der Waals surface area contributed by atoms with Gasteiger partial charge in [0.25, 0.3) is 11.7 Å². The van der Waals surface area contributed by atoms with E-state index in [1.807, 2.05) is 22.6 Å². The monoisotopic (exact) mass is 309 g/mol. The third kappa shape index (κ3) is 2.41. The quantitative estimate of drug-likeness (QED) is 0.512. The molecule has 1 rings (SSSR count). The molecule has 0 atom stereocenters. The molecule has 0 saturated heterocycles. The number of hydrogen-bond donors (Lipinski definition) is 1. The maximum absolute atomic E-state index is 11.2. The van der Waals surface area contributed by atoms with Crippen molar-refractivity contribution in [3.63, 3.8) is 0 Å². The van der Waals surface area contributed by atoms with E-state index >= 15 is 0 Å². The van der Waals surface area contributed by atoms with E-state index in [0.717, 1.165) is 3.57 Å². The van der Waals surface area contributed by atoms with Gasteiger partial charge in [-0.3, -0.25) is 9.59 Å². The normalized spacial score (nSPS) is 9.69. The summed E-state index contributed by atoms with van der Waals surface area (Å²) >= 11 is 7.72. The lowest BCUT2D eigenvalue weighted by atomic mass is 10.1. The zero-order chi connectivity index (χ0) is 10.0. The van der Waals surface area contributed by atoms with Crippen LogP contribution in [0.3, 0.4) is 0 Å². The Morgan fingerprint density at radius 2 is 2.00 bits per heavy atom. The first-order valence-electron chi connectivity index (χ1n) is 3.31. The van der Waals surface area contributed by atoms with Crippen molar-refractivity contribution in [1.82, 2.24) is 0 Å². The number of carbonyl (C=O) groups is 2. The molecule has 68 valence electrons. The average Bonchev–Trinajstić information content (AvgIpc) is 2.08. The van der Waals surface area contributed by atoms with E-state index in [9.17, 15) is 9.59 Å². The van der Waals surface area contributed by atoms with Crippen LogP contribution in [-0.4, -0.2) is 11.7 Å². The van der Waals surface area contributed by atoms with Gasteiger partial charge in [0.05, 0.1) is 5.02 Å². The van der Waals surface area contributed by atoms with Crippen molar-refractivity contribution in [3.05, 3.63) is 32.4 Å². The van der Waals surface area contributed by atoms with Crippen LogP contribution in [0.4, 0.5) is 0 Å². The van der Waals surface area contributed by atoms with E-state index in [0.29, 0.717) is 0 Å². The SMILES string of the molecule is NC(=O)C(=O)c1cc(I)ccc1Cl. The van der Waals surface area contributed by atoms with Crippen molar-refractivity contribution in [2.24, 2.45) is 5.73 Å². The molecule has 3 nitrogen and oxygen atoms in total. The first-order chi connectivity index (χ1) is 6.02. The van der Waals surface area contributed by atoms with Gasteiger partial charge in [0, 0.05) is 9.13 Å². The fraction of sp³-hybridized carbons (Fsp3) is 0. The van der Waals surface area contributed by atoms with Gasteiger partial charge < -0.3 is 5.73 Å². The van der Waals surface area contributed by atoms with Crippen molar-refractivity contribution in [3.8, 4) is 0 Å². The minimum absolute atomic E-state index is 0.154. The van der Waals surface area contributed by atoms with Gasteiger partial charge in [0.15, 0.2) is 0 Å². The van der Waals surface area contributed by atoms with Gasteiger partial charge in [-0.05, 0) is 40.8 Å². The van der Waals surface area contributed by atoms with Gasteiger partial charge in [0.1, 0.15) is 0 Å². The van der Waals surface area contributed by atoms with Gasteiger partial charge in [0.2, 0.25) is 0 Å². The predicted molar refractivity (Wildman–Crippen MR) is 57.7 cm³/mol. The molecule has 13 heavy (non-hydrogen) atoms. The van der Waals surface area contributed by atoms with Gasteiger partial charge in [-0.15, -0.1) is 0 Å². The van der Waals surface area contributed by atoms with Crippen LogP contribution in [0.15, 0.2) is 18.2 Å². The number of nitrogens with two attached hydrogens (primary N) is 1. The largest absolute Gasteiger partial charge is 0.363 e. The van der Waals surface area contributed by atoms with Crippen LogP contribution in [0, 0.1) is 3.57 Å². The average molecular weight is 309 g/mol. The molecule has 0 unspecified atom stereocenters. The van der Waals surface area contributed by atoms with Crippen LogP contribution in [0.1, 0.15) is 10.4 Å². The number of benzene rings is 1. The lowest BCUT2D eigenvalue weighted by Gasteiger charge is -2.00. The van der Waals surface area contributed by atoms with E-state index in [4.69, 9.17) is 17.3 Å². The Bertz CT molecular complexity index is 378. The molecular weight excluding hydrogens is 304 g/mol. The molecular formula is C8H5ClINO2. The Labute approximate surface area is 93.4 Å². The number of ketones is 1. The molecule has 0 aliphatic carbocycles. The molecule has 5 heteroatoms.